The van der Waals surface area contributed by atoms with E-state index in [2.05, 4.69) is 9.71 Å². The zero-order chi connectivity index (χ0) is 17.6. The minimum absolute atomic E-state index is 0.132. The van der Waals surface area contributed by atoms with Crippen molar-refractivity contribution < 1.29 is 14.1 Å². The number of amides is 1. The van der Waals surface area contributed by atoms with Gasteiger partial charge >= 0.3 is 6.09 Å². The third-order valence-electron chi connectivity index (χ3n) is 4.72. The second-order valence-electron chi connectivity index (χ2n) is 8.83. The number of nitrogens with zero attached hydrogens (tertiary/aromatic N) is 1. The topological polar surface area (TPSA) is 73.8 Å². The fourth-order valence-corrected chi connectivity index (χ4v) is 4.03. The molecule has 2 aliphatic carbocycles. The highest BCUT2D eigenvalue weighted by atomic mass is 32.2. The number of fused-ring (bicyclic) bond motifs is 1. The summed E-state index contributed by atoms with van der Waals surface area (Å²) >= 11 is -1.22. The largest absolute Gasteiger partial charge is 0.591 e. The fraction of sp³-hybridized carbons (Fsp3) is 0.882. The van der Waals surface area contributed by atoms with Gasteiger partial charge in [-0.3, -0.25) is 0 Å². The summed E-state index contributed by atoms with van der Waals surface area (Å²) in [5.41, 5.74) is 0.335. The zero-order valence-electron chi connectivity index (χ0n) is 15.4. The number of hydrogen-bond donors (Lipinski definition) is 1. The standard InChI is InChI=1S/C17H30N2O3S/c1-11(19-23(21)16(5,6)7)12-10-17(9-8-13(12)17)18-14(20)22-15(2,3)4/h12-13H,8-10H2,1-7H3,(H,18,20)/b19-11+/t12?,13?,17?,23-/m1/s1. The zero-order valence-corrected chi connectivity index (χ0v) is 16.2. The first-order valence-electron chi connectivity index (χ1n) is 8.32. The minimum atomic E-state index is -1.22. The van der Waals surface area contributed by atoms with Gasteiger partial charge in [0.25, 0.3) is 0 Å². The van der Waals surface area contributed by atoms with E-state index in [1.54, 1.807) is 0 Å². The van der Waals surface area contributed by atoms with Crippen molar-refractivity contribution in [1.29, 1.82) is 0 Å². The van der Waals surface area contributed by atoms with Gasteiger partial charge in [0.05, 0.1) is 5.71 Å². The van der Waals surface area contributed by atoms with E-state index in [0.717, 1.165) is 25.0 Å². The van der Waals surface area contributed by atoms with Crippen LogP contribution in [0.3, 0.4) is 0 Å². The van der Waals surface area contributed by atoms with Crippen molar-refractivity contribution in [3.8, 4) is 0 Å². The Morgan fingerprint density at radius 3 is 2.30 bits per heavy atom. The molecule has 0 bridgehead atoms. The molecule has 0 saturated heterocycles. The summed E-state index contributed by atoms with van der Waals surface area (Å²) in [7, 11) is 0. The normalized spacial score (nSPS) is 32.3. The van der Waals surface area contributed by atoms with Crippen molar-refractivity contribution in [3.05, 3.63) is 0 Å². The maximum atomic E-state index is 12.2. The van der Waals surface area contributed by atoms with Gasteiger partial charge in [-0.15, -0.1) is 0 Å². The molecule has 6 heteroatoms. The molecule has 0 aromatic heterocycles. The van der Waals surface area contributed by atoms with Crippen molar-refractivity contribution >= 4 is 23.2 Å². The minimum Gasteiger partial charge on any atom is -0.591 e. The molecule has 4 atom stereocenters. The van der Waals surface area contributed by atoms with Crippen LogP contribution in [0, 0.1) is 11.8 Å². The van der Waals surface area contributed by atoms with Crippen molar-refractivity contribution in [2.75, 3.05) is 0 Å². The number of ether oxygens (including phenoxy) is 1. The molecule has 2 rings (SSSR count). The Labute approximate surface area is 143 Å². The van der Waals surface area contributed by atoms with Gasteiger partial charge in [0, 0.05) is 11.5 Å². The SMILES string of the molecule is C/C(=N\[S@+]([O-])C(C)(C)C)C1CC2(NC(=O)OC(C)(C)C)CCC12. The summed E-state index contributed by atoms with van der Waals surface area (Å²) in [4.78, 5) is 12.0. The molecule has 0 radical (unpaired) electrons. The van der Waals surface area contributed by atoms with E-state index in [9.17, 15) is 9.35 Å². The molecule has 3 unspecified atom stereocenters. The molecule has 0 aromatic rings. The van der Waals surface area contributed by atoms with Crippen LogP contribution >= 0.6 is 0 Å². The predicted molar refractivity (Wildman–Crippen MR) is 93.9 cm³/mol. The Kier molecular flexibility index (Phi) is 4.81. The summed E-state index contributed by atoms with van der Waals surface area (Å²) in [5.74, 6) is 0.723. The molecule has 0 aliphatic heterocycles. The summed E-state index contributed by atoms with van der Waals surface area (Å²) in [5, 5.41) is 3.06. The van der Waals surface area contributed by atoms with Crippen LogP contribution in [-0.2, 0) is 16.1 Å². The lowest BCUT2D eigenvalue weighted by Gasteiger charge is -2.63. The van der Waals surface area contributed by atoms with Crippen molar-refractivity contribution in [2.45, 2.75) is 83.6 Å². The number of rotatable bonds is 3. The molecule has 2 aliphatic rings. The third-order valence-corrected chi connectivity index (χ3v) is 6.22. The van der Waals surface area contributed by atoms with Crippen molar-refractivity contribution in [2.24, 2.45) is 16.2 Å². The van der Waals surface area contributed by atoms with Gasteiger partial charge in [0.1, 0.15) is 21.7 Å². The quantitative estimate of drug-likeness (QED) is 0.629. The molecular weight excluding hydrogens is 312 g/mol. The summed E-state index contributed by atoms with van der Waals surface area (Å²) < 4.78 is 21.6. The third kappa shape index (κ3) is 4.02. The first-order valence-corrected chi connectivity index (χ1v) is 9.43. The van der Waals surface area contributed by atoms with Gasteiger partial charge in [-0.05, 0) is 73.6 Å². The lowest BCUT2D eigenvalue weighted by Crippen LogP contribution is -2.71. The van der Waals surface area contributed by atoms with Crippen molar-refractivity contribution in [1.82, 2.24) is 5.32 Å². The van der Waals surface area contributed by atoms with Crippen LogP contribution in [0.1, 0.15) is 67.7 Å². The number of hydrogen-bond acceptors (Lipinski definition) is 4. The average Bonchev–Trinajstić information content (AvgIpc) is 2.32. The molecule has 0 spiro atoms. The number of carbonyl (C=O) groups excluding carboxylic acids is 1. The lowest BCUT2D eigenvalue weighted by molar-refractivity contribution is -0.0572. The van der Waals surface area contributed by atoms with Crippen LogP contribution in [-0.4, -0.2) is 32.2 Å². The van der Waals surface area contributed by atoms with Gasteiger partial charge in [-0.1, -0.05) is 4.40 Å². The molecule has 2 saturated carbocycles. The van der Waals surface area contributed by atoms with E-state index in [4.69, 9.17) is 4.74 Å². The Balaban J connectivity index is 1.95. The van der Waals surface area contributed by atoms with E-state index in [-0.39, 0.29) is 16.4 Å². The summed E-state index contributed by atoms with van der Waals surface area (Å²) in [6, 6.07) is 0. The van der Waals surface area contributed by atoms with Crippen LogP contribution in [0.5, 0.6) is 0 Å². The average molecular weight is 343 g/mol. The molecule has 23 heavy (non-hydrogen) atoms. The smallest absolute Gasteiger partial charge is 0.408 e. The maximum absolute atomic E-state index is 12.2. The van der Waals surface area contributed by atoms with E-state index in [0.29, 0.717) is 11.8 Å². The predicted octanol–water partition coefficient (Wildman–Crippen LogP) is 3.60. The second-order valence-corrected chi connectivity index (χ2v) is 10.7. The highest BCUT2D eigenvalue weighted by Crippen LogP contribution is 2.58. The van der Waals surface area contributed by atoms with E-state index in [1.807, 2.05) is 48.5 Å². The Bertz CT molecular complexity index is 507. The summed E-state index contributed by atoms with van der Waals surface area (Å²) in [6.07, 6.45) is 2.60. The molecular formula is C17H30N2O3S. The molecule has 1 amide bonds. The first kappa shape index (κ1) is 18.6. The van der Waals surface area contributed by atoms with E-state index in [1.165, 1.54) is 0 Å². The fourth-order valence-electron chi connectivity index (χ4n) is 3.36. The second kappa shape index (κ2) is 5.96. The number of carbonyl (C=O) groups is 1. The molecule has 1 N–H and O–H groups in total. The molecule has 132 valence electrons. The van der Waals surface area contributed by atoms with Crippen LogP contribution < -0.4 is 5.32 Å². The van der Waals surface area contributed by atoms with E-state index < -0.39 is 17.0 Å². The van der Waals surface area contributed by atoms with Gasteiger partial charge in [0.15, 0.2) is 0 Å². The van der Waals surface area contributed by atoms with Crippen LogP contribution in [0.25, 0.3) is 0 Å². The van der Waals surface area contributed by atoms with Crippen LogP contribution in [0.4, 0.5) is 4.79 Å². The lowest BCUT2D eigenvalue weighted by atomic mass is 9.46. The van der Waals surface area contributed by atoms with Crippen molar-refractivity contribution in [3.63, 3.8) is 0 Å². The molecule has 5 nitrogen and oxygen atoms in total. The highest BCUT2D eigenvalue weighted by molar-refractivity contribution is 7.91. The Morgan fingerprint density at radius 1 is 1.30 bits per heavy atom. The molecule has 2 fully saturated rings. The first-order chi connectivity index (χ1) is 10.3. The van der Waals surface area contributed by atoms with Gasteiger partial charge in [0.2, 0.25) is 0 Å². The summed E-state index contributed by atoms with van der Waals surface area (Å²) in [6.45, 7) is 13.3. The molecule has 0 heterocycles. The number of nitrogens with one attached hydrogen (secondary N) is 1. The van der Waals surface area contributed by atoms with Gasteiger partial charge in [-0.25, -0.2) is 4.79 Å². The van der Waals surface area contributed by atoms with Gasteiger partial charge < -0.3 is 14.6 Å². The van der Waals surface area contributed by atoms with E-state index >= 15 is 0 Å². The van der Waals surface area contributed by atoms with Crippen LogP contribution in [0.2, 0.25) is 0 Å². The highest BCUT2D eigenvalue weighted by Gasteiger charge is 2.62. The van der Waals surface area contributed by atoms with Gasteiger partial charge in [-0.2, -0.15) is 0 Å². The van der Waals surface area contributed by atoms with Crippen LogP contribution in [0.15, 0.2) is 4.40 Å². The number of alkyl carbamates (subject to hydrolysis) is 1. The molecule has 0 aromatic carbocycles. The Morgan fingerprint density at radius 2 is 1.91 bits per heavy atom. The Hall–Kier alpha value is -0.750. The maximum Gasteiger partial charge on any atom is 0.408 e. The monoisotopic (exact) mass is 342 g/mol.